The molecule has 0 bridgehead atoms. The predicted molar refractivity (Wildman–Crippen MR) is 97.7 cm³/mol. The second-order valence-corrected chi connectivity index (χ2v) is 7.19. The molecule has 2 aliphatic heterocycles. The Labute approximate surface area is 156 Å². The van der Waals surface area contributed by atoms with E-state index >= 15 is 0 Å². The summed E-state index contributed by atoms with van der Waals surface area (Å²) in [7, 11) is 0. The first-order chi connectivity index (χ1) is 11.8. The number of nitrogens with zero attached hydrogens (tertiary/aromatic N) is 4. The Balaban J connectivity index is 0.00000182. The van der Waals surface area contributed by atoms with Crippen LogP contribution in [0, 0.1) is 0 Å². The van der Waals surface area contributed by atoms with Gasteiger partial charge in [-0.05, 0) is 30.8 Å². The molecule has 1 unspecified atom stereocenters. The van der Waals surface area contributed by atoms with Gasteiger partial charge in [-0.25, -0.2) is 0 Å². The number of carbonyl (C=O) groups is 1. The lowest BCUT2D eigenvalue weighted by Crippen LogP contribution is -2.52. The van der Waals surface area contributed by atoms with E-state index in [0.717, 1.165) is 50.4 Å². The third kappa shape index (κ3) is 4.20. The third-order valence-corrected chi connectivity index (χ3v) is 5.48. The molecule has 0 aliphatic carbocycles. The number of aromatic nitrogens is 2. The van der Waals surface area contributed by atoms with Gasteiger partial charge < -0.3 is 14.7 Å². The van der Waals surface area contributed by atoms with Crippen molar-refractivity contribution in [3.05, 3.63) is 23.4 Å². The van der Waals surface area contributed by atoms with Crippen molar-refractivity contribution in [1.82, 2.24) is 25.3 Å². The van der Waals surface area contributed by atoms with Crippen LogP contribution in [0.4, 0.5) is 0 Å². The molecule has 9 heteroatoms. The first-order valence-electron chi connectivity index (χ1n) is 8.40. The molecule has 136 valence electrons. The van der Waals surface area contributed by atoms with Crippen molar-refractivity contribution in [2.24, 2.45) is 0 Å². The first kappa shape index (κ1) is 18.3. The van der Waals surface area contributed by atoms with Gasteiger partial charge in [0.05, 0.1) is 17.5 Å². The molecule has 2 saturated heterocycles. The van der Waals surface area contributed by atoms with Gasteiger partial charge >= 0.3 is 0 Å². The molecule has 0 spiro atoms. The van der Waals surface area contributed by atoms with Crippen LogP contribution in [-0.4, -0.2) is 64.6 Å². The van der Waals surface area contributed by atoms with Gasteiger partial charge in [-0.2, -0.15) is 4.98 Å². The zero-order valence-corrected chi connectivity index (χ0v) is 15.5. The lowest BCUT2D eigenvalue weighted by molar-refractivity contribution is -0.134. The lowest BCUT2D eigenvalue weighted by atomic mass is 10.2. The van der Waals surface area contributed by atoms with Crippen LogP contribution in [0.3, 0.4) is 0 Å². The number of carbonyl (C=O) groups excluding carboxylic acids is 1. The quantitative estimate of drug-likeness (QED) is 0.864. The zero-order valence-electron chi connectivity index (χ0n) is 13.9. The first-order valence-corrected chi connectivity index (χ1v) is 9.28. The molecule has 4 heterocycles. The van der Waals surface area contributed by atoms with E-state index in [1.165, 1.54) is 0 Å². The van der Waals surface area contributed by atoms with Crippen LogP contribution >= 0.6 is 23.7 Å². The minimum atomic E-state index is 0. The van der Waals surface area contributed by atoms with Crippen molar-refractivity contribution >= 4 is 29.7 Å². The Bertz CT molecular complexity index is 679. The Kier molecular flexibility index (Phi) is 6.06. The number of piperazine rings is 1. The van der Waals surface area contributed by atoms with E-state index in [1.54, 1.807) is 11.3 Å². The van der Waals surface area contributed by atoms with Crippen molar-refractivity contribution in [3.8, 4) is 10.7 Å². The molecule has 7 nitrogen and oxygen atoms in total. The molecule has 0 radical (unpaired) electrons. The highest BCUT2D eigenvalue weighted by Gasteiger charge is 2.29. The summed E-state index contributed by atoms with van der Waals surface area (Å²) in [6.07, 6.45) is 2.06. The Hall–Kier alpha value is -1.48. The minimum Gasteiger partial charge on any atom is -0.339 e. The van der Waals surface area contributed by atoms with Crippen LogP contribution in [0.5, 0.6) is 0 Å². The number of hydrogen-bond donors (Lipinski definition) is 1. The smallest absolute Gasteiger partial charge is 0.241 e. The largest absolute Gasteiger partial charge is 0.339 e. The Morgan fingerprint density at radius 3 is 2.88 bits per heavy atom. The summed E-state index contributed by atoms with van der Waals surface area (Å²) in [4.78, 5) is 22.1. The van der Waals surface area contributed by atoms with Crippen molar-refractivity contribution in [1.29, 1.82) is 0 Å². The number of halogens is 1. The van der Waals surface area contributed by atoms with E-state index in [-0.39, 0.29) is 24.4 Å². The van der Waals surface area contributed by atoms with Crippen molar-refractivity contribution in [2.45, 2.75) is 25.4 Å². The Morgan fingerprint density at radius 1 is 1.36 bits per heavy atom. The van der Waals surface area contributed by atoms with Crippen LogP contribution in [0.1, 0.15) is 18.7 Å². The number of nitrogens with one attached hydrogen (secondary N) is 1. The third-order valence-electron chi connectivity index (χ3n) is 4.61. The van der Waals surface area contributed by atoms with E-state index in [2.05, 4.69) is 20.4 Å². The fourth-order valence-corrected chi connectivity index (χ4v) is 3.91. The van der Waals surface area contributed by atoms with Crippen molar-refractivity contribution in [2.75, 3.05) is 32.7 Å². The molecule has 0 saturated carbocycles. The van der Waals surface area contributed by atoms with E-state index in [9.17, 15) is 4.79 Å². The number of rotatable bonds is 4. The monoisotopic (exact) mass is 383 g/mol. The summed E-state index contributed by atoms with van der Waals surface area (Å²) in [5, 5.41) is 9.33. The molecule has 1 atom stereocenters. The second-order valence-electron chi connectivity index (χ2n) is 6.24. The summed E-state index contributed by atoms with van der Waals surface area (Å²) in [6, 6.07) is 3.99. The molecule has 2 aromatic heterocycles. The average molecular weight is 384 g/mol. The van der Waals surface area contributed by atoms with Crippen LogP contribution in [-0.2, 0) is 11.3 Å². The number of thiophene rings is 1. The molecular weight excluding hydrogens is 362 g/mol. The molecule has 4 rings (SSSR count). The molecule has 1 N–H and O–H groups in total. The van der Waals surface area contributed by atoms with Gasteiger partial charge in [0, 0.05) is 26.2 Å². The highest BCUT2D eigenvalue weighted by Crippen LogP contribution is 2.21. The minimum absolute atomic E-state index is 0. The maximum Gasteiger partial charge on any atom is 0.241 e. The summed E-state index contributed by atoms with van der Waals surface area (Å²) in [6.45, 7) is 4.82. The van der Waals surface area contributed by atoms with Crippen LogP contribution < -0.4 is 5.32 Å². The molecule has 2 fully saturated rings. The fourth-order valence-electron chi connectivity index (χ4n) is 3.26. The summed E-state index contributed by atoms with van der Waals surface area (Å²) >= 11 is 1.60. The van der Waals surface area contributed by atoms with Crippen LogP contribution in [0.25, 0.3) is 10.7 Å². The lowest BCUT2D eigenvalue weighted by Gasteiger charge is -2.35. The van der Waals surface area contributed by atoms with Gasteiger partial charge in [-0.15, -0.1) is 23.7 Å². The van der Waals surface area contributed by atoms with Gasteiger partial charge in [0.1, 0.15) is 0 Å². The second kappa shape index (κ2) is 8.27. The predicted octanol–water partition coefficient (Wildman–Crippen LogP) is 1.62. The number of amides is 1. The SMILES string of the molecule is Cl.O=C(C1CCCN1)N1CCN(Cc2nc(-c3cccs3)no2)CC1. The van der Waals surface area contributed by atoms with Crippen molar-refractivity contribution < 1.29 is 9.32 Å². The summed E-state index contributed by atoms with van der Waals surface area (Å²) in [5.74, 6) is 1.54. The fraction of sp³-hybridized carbons (Fsp3) is 0.562. The van der Waals surface area contributed by atoms with Gasteiger partial charge in [-0.3, -0.25) is 9.69 Å². The van der Waals surface area contributed by atoms with E-state index in [1.807, 2.05) is 22.4 Å². The topological polar surface area (TPSA) is 74.5 Å². The Morgan fingerprint density at radius 2 is 2.20 bits per heavy atom. The van der Waals surface area contributed by atoms with E-state index in [4.69, 9.17) is 4.52 Å². The van der Waals surface area contributed by atoms with Crippen LogP contribution in [0.15, 0.2) is 22.0 Å². The van der Waals surface area contributed by atoms with Gasteiger partial charge in [0.25, 0.3) is 0 Å². The van der Waals surface area contributed by atoms with Gasteiger partial charge in [0.2, 0.25) is 17.6 Å². The molecule has 25 heavy (non-hydrogen) atoms. The molecule has 1 amide bonds. The van der Waals surface area contributed by atoms with E-state index in [0.29, 0.717) is 18.3 Å². The highest BCUT2D eigenvalue weighted by atomic mass is 35.5. The molecule has 0 aromatic carbocycles. The molecular formula is C16H22ClN5O2S. The summed E-state index contributed by atoms with van der Waals surface area (Å²) in [5.41, 5.74) is 0. The number of hydrogen-bond acceptors (Lipinski definition) is 7. The molecule has 2 aromatic rings. The van der Waals surface area contributed by atoms with Crippen molar-refractivity contribution in [3.63, 3.8) is 0 Å². The highest BCUT2D eigenvalue weighted by molar-refractivity contribution is 7.13. The molecule has 2 aliphatic rings. The average Bonchev–Trinajstić information content (AvgIpc) is 3.36. The standard InChI is InChI=1S/C16H21N5O2S.ClH/c22-16(12-3-1-5-17-12)21-8-6-20(7-9-21)11-14-18-15(19-23-14)13-4-2-10-24-13;/h2,4,10,12,17H,1,3,5-9,11H2;1H. The zero-order chi connectivity index (χ0) is 16.4. The summed E-state index contributed by atoms with van der Waals surface area (Å²) < 4.78 is 5.36. The van der Waals surface area contributed by atoms with Gasteiger partial charge in [-0.1, -0.05) is 11.2 Å². The van der Waals surface area contributed by atoms with Crippen LogP contribution in [0.2, 0.25) is 0 Å². The van der Waals surface area contributed by atoms with E-state index < -0.39 is 0 Å². The maximum atomic E-state index is 12.4. The van der Waals surface area contributed by atoms with Gasteiger partial charge in [0.15, 0.2) is 0 Å². The maximum absolute atomic E-state index is 12.4. The normalized spacial score (nSPS) is 21.3.